The number of rotatable bonds is 9. The van der Waals surface area contributed by atoms with Crippen molar-refractivity contribution in [3.63, 3.8) is 0 Å². The number of carbonyl (C=O) groups excluding carboxylic acids is 1. The second kappa shape index (κ2) is 9.43. The highest BCUT2D eigenvalue weighted by Gasteiger charge is 2.14. The molecule has 0 bridgehead atoms. The number of amides is 1. The van der Waals surface area contributed by atoms with E-state index in [1.54, 1.807) is 0 Å². The molecule has 1 amide bonds. The molecule has 0 radical (unpaired) electrons. The van der Waals surface area contributed by atoms with Crippen LogP contribution in [0.15, 0.2) is 30.3 Å². The van der Waals surface area contributed by atoms with E-state index in [1.165, 1.54) is 0 Å². The molecule has 0 atom stereocenters. The molecule has 0 aliphatic carbocycles. The molecule has 1 rings (SSSR count). The van der Waals surface area contributed by atoms with Crippen molar-refractivity contribution in [1.82, 2.24) is 4.90 Å². The topological polar surface area (TPSA) is 32.3 Å². The summed E-state index contributed by atoms with van der Waals surface area (Å²) in [5.41, 5.74) is 0.999. The smallest absolute Gasteiger partial charge is 0.241 e. The van der Waals surface area contributed by atoms with Crippen molar-refractivity contribution in [3.8, 4) is 0 Å². The van der Waals surface area contributed by atoms with Gasteiger partial charge in [-0.15, -0.1) is 0 Å². The zero-order valence-electron chi connectivity index (χ0n) is 13.9. The maximum Gasteiger partial charge on any atom is 0.241 e. The number of nitrogens with one attached hydrogen (secondary N) is 1. The summed E-state index contributed by atoms with van der Waals surface area (Å²) in [5.74, 6) is 1.45. The average molecular weight is 290 g/mol. The van der Waals surface area contributed by atoms with E-state index in [2.05, 4.69) is 33.0 Å². The Bertz CT molecular complexity index is 389. The minimum Gasteiger partial charge on any atom is -0.376 e. The van der Waals surface area contributed by atoms with E-state index in [1.807, 2.05) is 35.2 Å². The van der Waals surface area contributed by atoms with Crippen LogP contribution in [0, 0.1) is 11.8 Å². The van der Waals surface area contributed by atoms with E-state index >= 15 is 0 Å². The van der Waals surface area contributed by atoms with Gasteiger partial charge >= 0.3 is 0 Å². The summed E-state index contributed by atoms with van der Waals surface area (Å²) in [5, 5.41) is 3.21. The molecule has 0 saturated carbocycles. The van der Waals surface area contributed by atoms with Crippen molar-refractivity contribution in [2.24, 2.45) is 11.8 Å². The fourth-order valence-electron chi connectivity index (χ4n) is 2.03. The maximum absolute atomic E-state index is 12.4. The highest BCUT2D eigenvalue weighted by Crippen LogP contribution is 2.08. The van der Waals surface area contributed by atoms with Gasteiger partial charge in [0.2, 0.25) is 5.91 Å². The van der Waals surface area contributed by atoms with Gasteiger partial charge in [0, 0.05) is 18.8 Å². The summed E-state index contributed by atoms with van der Waals surface area (Å²) in [6.07, 6.45) is 2.13. The van der Waals surface area contributed by atoms with Crippen molar-refractivity contribution in [2.45, 2.75) is 40.5 Å². The Morgan fingerprint density at radius 2 is 1.52 bits per heavy atom. The SMILES string of the molecule is CC(C)CCN(CCC(C)C)C(=O)CNc1ccccc1. The van der Waals surface area contributed by atoms with Crippen molar-refractivity contribution >= 4 is 11.6 Å². The van der Waals surface area contributed by atoms with Crippen molar-refractivity contribution < 1.29 is 4.79 Å². The van der Waals surface area contributed by atoms with Crippen LogP contribution >= 0.6 is 0 Å². The number of carbonyl (C=O) groups is 1. The molecular formula is C18H30N2O. The van der Waals surface area contributed by atoms with Gasteiger partial charge in [0.1, 0.15) is 0 Å². The first-order valence-corrected chi connectivity index (χ1v) is 8.05. The first-order chi connectivity index (χ1) is 9.99. The van der Waals surface area contributed by atoms with Crippen LogP contribution < -0.4 is 5.32 Å². The largest absolute Gasteiger partial charge is 0.376 e. The zero-order chi connectivity index (χ0) is 15.7. The highest BCUT2D eigenvalue weighted by molar-refractivity contribution is 5.80. The normalized spacial score (nSPS) is 11.0. The van der Waals surface area contributed by atoms with Crippen LogP contribution in [0.4, 0.5) is 5.69 Å². The summed E-state index contributed by atoms with van der Waals surface area (Å²) in [4.78, 5) is 14.4. The van der Waals surface area contributed by atoms with E-state index in [9.17, 15) is 4.79 Å². The molecule has 0 fully saturated rings. The summed E-state index contributed by atoms with van der Waals surface area (Å²) in [6, 6.07) is 9.90. The molecule has 3 nitrogen and oxygen atoms in total. The van der Waals surface area contributed by atoms with E-state index in [-0.39, 0.29) is 5.91 Å². The number of hydrogen-bond acceptors (Lipinski definition) is 2. The Balaban J connectivity index is 2.48. The molecule has 0 spiro atoms. The van der Waals surface area contributed by atoms with Gasteiger partial charge in [0.15, 0.2) is 0 Å². The van der Waals surface area contributed by atoms with Crippen LogP contribution in [-0.2, 0) is 4.79 Å². The quantitative estimate of drug-likeness (QED) is 0.745. The predicted octanol–water partition coefficient (Wildman–Crippen LogP) is 4.02. The summed E-state index contributed by atoms with van der Waals surface area (Å²) >= 11 is 0. The molecule has 0 aromatic heterocycles. The molecule has 3 heteroatoms. The van der Waals surface area contributed by atoms with E-state index in [0.29, 0.717) is 18.4 Å². The standard InChI is InChI=1S/C18H30N2O/c1-15(2)10-12-20(13-11-16(3)4)18(21)14-19-17-8-6-5-7-9-17/h5-9,15-16,19H,10-14H2,1-4H3. The zero-order valence-corrected chi connectivity index (χ0v) is 13.9. The minimum atomic E-state index is 0.195. The van der Waals surface area contributed by atoms with Crippen LogP contribution in [0.25, 0.3) is 0 Å². The van der Waals surface area contributed by atoms with Crippen molar-refractivity contribution in [3.05, 3.63) is 30.3 Å². The van der Waals surface area contributed by atoms with Gasteiger partial charge in [-0.05, 0) is 36.8 Å². The Labute approximate surface area is 129 Å². The van der Waals surface area contributed by atoms with Crippen LogP contribution in [0.5, 0.6) is 0 Å². The molecular weight excluding hydrogens is 260 g/mol. The van der Waals surface area contributed by atoms with Crippen molar-refractivity contribution in [1.29, 1.82) is 0 Å². The third-order valence-corrected chi connectivity index (χ3v) is 3.52. The summed E-state index contributed by atoms with van der Waals surface area (Å²) in [6.45, 7) is 10.9. The highest BCUT2D eigenvalue weighted by atomic mass is 16.2. The molecule has 0 heterocycles. The molecule has 1 N–H and O–H groups in total. The van der Waals surface area contributed by atoms with E-state index in [0.717, 1.165) is 31.6 Å². The Morgan fingerprint density at radius 1 is 1.00 bits per heavy atom. The fraction of sp³-hybridized carbons (Fsp3) is 0.611. The molecule has 0 saturated heterocycles. The van der Waals surface area contributed by atoms with Gasteiger partial charge in [0.05, 0.1) is 6.54 Å². The number of para-hydroxylation sites is 1. The minimum absolute atomic E-state index is 0.195. The Kier molecular flexibility index (Phi) is 7.88. The molecule has 0 aliphatic heterocycles. The van der Waals surface area contributed by atoms with E-state index < -0.39 is 0 Å². The Morgan fingerprint density at radius 3 is 2.00 bits per heavy atom. The molecule has 21 heavy (non-hydrogen) atoms. The molecule has 0 aliphatic rings. The van der Waals surface area contributed by atoms with Crippen LogP contribution in [0.3, 0.4) is 0 Å². The molecule has 118 valence electrons. The lowest BCUT2D eigenvalue weighted by atomic mass is 10.1. The van der Waals surface area contributed by atoms with Gasteiger partial charge in [-0.2, -0.15) is 0 Å². The number of benzene rings is 1. The van der Waals surface area contributed by atoms with Crippen molar-refractivity contribution in [2.75, 3.05) is 25.0 Å². The first-order valence-electron chi connectivity index (χ1n) is 8.05. The molecule has 0 unspecified atom stereocenters. The van der Waals surface area contributed by atoms with Gasteiger partial charge in [0.25, 0.3) is 0 Å². The number of hydrogen-bond donors (Lipinski definition) is 1. The molecule has 1 aromatic carbocycles. The summed E-state index contributed by atoms with van der Waals surface area (Å²) in [7, 11) is 0. The maximum atomic E-state index is 12.4. The van der Waals surface area contributed by atoms with Gasteiger partial charge in [-0.3, -0.25) is 4.79 Å². The van der Waals surface area contributed by atoms with Crippen LogP contribution in [-0.4, -0.2) is 30.4 Å². The van der Waals surface area contributed by atoms with Gasteiger partial charge in [-0.1, -0.05) is 45.9 Å². The Hall–Kier alpha value is -1.51. The lowest BCUT2D eigenvalue weighted by Gasteiger charge is -2.25. The van der Waals surface area contributed by atoms with Crippen LogP contribution in [0.2, 0.25) is 0 Å². The second-order valence-electron chi connectivity index (χ2n) is 6.47. The van der Waals surface area contributed by atoms with Gasteiger partial charge < -0.3 is 10.2 Å². The lowest BCUT2D eigenvalue weighted by Crippen LogP contribution is -2.38. The predicted molar refractivity (Wildman–Crippen MR) is 90.4 cm³/mol. The summed E-state index contributed by atoms with van der Waals surface area (Å²) < 4.78 is 0. The van der Waals surface area contributed by atoms with E-state index in [4.69, 9.17) is 0 Å². The van der Waals surface area contributed by atoms with Crippen LogP contribution in [0.1, 0.15) is 40.5 Å². The third-order valence-electron chi connectivity index (χ3n) is 3.52. The fourth-order valence-corrected chi connectivity index (χ4v) is 2.03. The average Bonchev–Trinajstić information content (AvgIpc) is 2.45. The lowest BCUT2D eigenvalue weighted by molar-refractivity contribution is -0.129. The third kappa shape index (κ3) is 7.74. The monoisotopic (exact) mass is 290 g/mol. The first kappa shape index (κ1) is 17.5. The molecule has 1 aromatic rings. The van der Waals surface area contributed by atoms with Gasteiger partial charge in [-0.25, -0.2) is 0 Å². The second-order valence-corrected chi connectivity index (χ2v) is 6.47. The number of anilines is 1. The number of nitrogens with zero attached hydrogens (tertiary/aromatic N) is 1.